The van der Waals surface area contributed by atoms with Crippen molar-refractivity contribution in [2.45, 2.75) is 26.9 Å². The number of aromatic nitrogens is 3. The molecule has 7 nitrogen and oxygen atoms in total. The molecule has 3 aromatic rings. The lowest BCUT2D eigenvalue weighted by Gasteiger charge is -2.12. The van der Waals surface area contributed by atoms with Gasteiger partial charge in [0.2, 0.25) is 0 Å². The topological polar surface area (TPSA) is 99.0 Å². The molecule has 0 saturated carbocycles. The van der Waals surface area contributed by atoms with E-state index in [1.54, 1.807) is 13.0 Å². The van der Waals surface area contributed by atoms with Crippen LogP contribution in [0.3, 0.4) is 0 Å². The van der Waals surface area contributed by atoms with Gasteiger partial charge in [0.1, 0.15) is 4.83 Å². The Kier molecular flexibility index (Phi) is 4.06. The van der Waals surface area contributed by atoms with Crippen molar-refractivity contribution in [1.29, 1.82) is 0 Å². The second-order valence-electron chi connectivity index (χ2n) is 5.37. The molecular weight excluding hydrogens is 330 g/mol. The highest BCUT2D eigenvalue weighted by Crippen LogP contribution is 2.27. The molecule has 124 valence electrons. The third kappa shape index (κ3) is 2.76. The largest absolute Gasteiger partial charge is 0.618 e. The molecule has 1 N–H and O–H groups in total. The predicted molar refractivity (Wildman–Crippen MR) is 88.9 cm³/mol. The quantitative estimate of drug-likeness (QED) is 0.445. The van der Waals surface area contributed by atoms with Crippen molar-refractivity contribution < 1.29 is 14.3 Å². The summed E-state index contributed by atoms with van der Waals surface area (Å²) in [5.41, 5.74) is 0.505. The minimum absolute atomic E-state index is 0.129. The fourth-order valence-electron chi connectivity index (χ4n) is 2.33. The molecule has 3 aromatic heterocycles. The standard InChI is InChI=1S/C16H15N3O4S/c1-8-10(3)24-15-12(8)14(20)17-13(18-15)9(2)23-16(21)11-6-4-5-7-19(11)22/h4-7,9H,1-3H3,(H,17,18,20)/t9-/m0/s1. The summed E-state index contributed by atoms with van der Waals surface area (Å²) in [7, 11) is 0. The summed E-state index contributed by atoms with van der Waals surface area (Å²) in [6, 6.07) is 4.45. The first kappa shape index (κ1) is 16.1. The average Bonchev–Trinajstić information content (AvgIpc) is 2.82. The van der Waals surface area contributed by atoms with Crippen LogP contribution >= 0.6 is 11.3 Å². The monoisotopic (exact) mass is 345 g/mol. The minimum atomic E-state index is -0.794. The summed E-state index contributed by atoms with van der Waals surface area (Å²) in [5.74, 6) is -0.533. The second kappa shape index (κ2) is 6.04. The van der Waals surface area contributed by atoms with E-state index >= 15 is 0 Å². The van der Waals surface area contributed by atoms with Crippen LogP contribution in [0.1, 0.15) is 39.8 Å². The van der Waals surface area contributed by atoms with Crippen molar-refractivity contribution in [2.75, 3.05) is 0 Å². The molecule has 0 fully saturated rings. The van der Waals surface area contributed by atoms with Crippen LogP contribution in [0.15, 0.2) is 29.2 Å². The Morgan fingerprint density at radius 1 is 1.42 bits per heavy atom. The van der Waals surface area contributed by atoms with Crippen molar-refractivity contribution >= 4 is 27.5 Å². The number of nitrogens with zero attached hydrogens (tertiary/aromatic N) is 2. The Bertz CT molecular complexity index is 993. The van der Waals surface area contributed by atoms with E-state index in [0.717, 1.165) is 10.4 Å². The smallest absolute Gasteiger partial charge is 0.405 e. The van der Waals surface area contributed by atoms with Crippen molar-refractivity contribution in [1.82, 2.24) is 9.97 Å². The number of aromatic amines is 1. The number of carbonyl (C=O) groups is 1. The number of fused-ring (bicyclic) bond motifs is 1. The SMILES string of the molecule is Cc1sc2nc([C@H](C)OC(=O)c3cccc[n+]3[O-])[nH]c(=O)c2c1C. The van der Waals surface area contributed by atoms with E-state index < -0.39 is 12.1 Å². The van der Waals surface area contributed by atoms with Gasteiger partial charge in [0.05, 0.1) is 5.39 Å². The summed E-state index contributed by atoms with van der Waals surface area (Å²) in [4.78, 5) is 33.0. The van der Waals surface area contributed by atoms with Crippen LogP contribution in [0.4, 0.5) is 0 Å². The summed E-state index contributed by atoms with van der Waals surface area (Å²) in [5, 5.41) is 12.1. The van der Waals surface area contributed by atoms with Crippen molar-refractivity contribution in [2.24, 2.45) is 0 Å². The molecule has 0 spiro atoms. The summed E-state index contributed by atoms with van der Waals surface area (Å²) in [6.45, 7) is 5.39. The number of thiophene rings is 1. The zero-order valence-electron chi connectivity index (χ0n) is 13.3. The highest BCUT2D eigenvalue weighted by Gasteiger charge is 2.23. The van der Waals surface area contributed by atoms with Gasteiger partial charge in [-0.3, -0.25) is 4.79 Å². The molecule has 0 amide bonds. The number of ether oxygens (including phenoxy) is 1. The molecule has 1 atom stereocenters. The zero-order chi connectivity index (χ0) is 17.4. The van der Waals surface area contributed by atoms with E-state index in [4.69, 9.17) is 4.74 Å². The Morgan fingerprint density at radius 3 is 2.88 bits per heavy atom. The Balaban J connectivity index is 1.92. The first-order valence-corrected chi connectivity index (χ1v) is 8.09. The lowest BCUT2D eigenvalue weighted by atomic mass is 10.2. The van der Waals surface area contributed by atoms with Gasteiger partial charge in [0, 0.05) is 17.0 Å². The van der Waals surface area contributed by atoms with Crippen LogP contribution in [-0.4, -0.2) is 15.9 Å². The molecule has 0 aliphatic heterocycles. The second-order valence-corrected chi connectivity index (χ2v) is 6.58. The fraction of sp³-hybridized carbons (Fsp3) is 0.250. The highest BCUT2D eigenvalue weighted by atomic mass is 32.1. The number of hydrogen-bond acceptors (Lipinski definition) is 6. The molecular formula is C16H15N3O4S. The predicted octanol–water partition coefficient (Wildman–Crippen LogP) is 2.15. The molecule has 0 bridgehead atoms. The molecule has 0 saturated heterocycles. The number of pyridine rings is 1. The lowest BCUT2D eigenvalue weighted by molar-refractivity contribution is -0.608. The number of rotatable bonds is 3. The maximum Gasteiger partial charge on any atom is 0.405 e. The van der Waals surface area contributed by atoms with Crippen LogP contribution in [0.2, 0.25) is 0 Å². The van der Waals surface area contributed by atoms with Gasteiger partial charge in [-0.25, -0.2) is 9.78 Å². The van der Waals surface area contributed by atoms with E-state index in [0.29, 0.717) is 14.9 Å². The highest BCUT2D eigenvalue weighted by molar-refractivity contribution is 7.18. The molecule has 3 heterocycles. The summed E-state index contributed by atoms with van der Waals surface area (Å²) in [6.07, 6.45) is 0.419. The van der Waals surface area contributed by atoms with Gasteiger partial charge in [-0.1, -0.05) is 0 Å². The van der Waals surface area contributed by atoms with Gasteiger partial charge in [0.25, 0.3) is 5.56 Å². The molecule has 3 rings (SSSR count). The number of H-pyrrole nitrogens is 1. The van der Waals surface area contributed by atoms with Gasteiger partial charge in [-0.15, -0.1) is 11.3 Å². The molecule has 0 unspecified atom stereocenters. The van der Waals surface area contributed by atoms with Crippen LogP contribution in [0.5, 0.6) is 0 Å². The van der Waals surface area contributed by atoms with Crippen LogP contribution in [-0.2, 0) is 4.74 Å². The lowest BCUT2D eigenvalue weighted by Crippen LogP contribution is -2.35. The fourth-order valence-corrected chi connectivity index (χ4v) is 3.36. The average molecular weight is 345 g/mol. The van der Waals surface area contributed by atoms with Crippen molar-refractivity contribution in [3.05, 3.63) is 61.9 Å². The molecule has 0 aromatic carbocycles. The van der Waals surface area contributed by atoms with E-state index in [-0.39, 0.29) is 17.1 Å². The van der Waals surface area contributed by atoms with Crippen molar-refractivity contribution in [3.8, 4) is 0 Å². The van der Waals surface area contributed by atoms with Gasteiger partial charge < -0.3 is 14.9 Å². The summed E-state index contributed by atoms with van der Waals surface area (Å²) >= 11 is 1.42. The molecule has 8 heteroatoms. The Hall–Kier alpha value is -2.74. The molecule has 0 radical (unpaired) electrons. The zero-order valence-corrected chi connectivity index (χ0v) is 14.1. The Labute approximate surface area is 141 Å². The third-order valence-corrected chi connectivity index (χ3v) is 4.86. The van der Waals surface area contributed by atoms with Crippen LogP contribution < -0.4 is 10.3 Å². The third-order valence-electron chi connectivity index (χ3n) is 3.76. The van der Waals surface area contributed by atoms with Crippen LogP contribution in [0, 0.1) is 19.1 Å². The minimum Gasteiger partial charge on any atom is -0.618 e. The van der Waals surface area contributed by atoms with E-state index in [9.17, 15) is 14.8 Å². The van der Waals surface area contributed by atoms with Crippen molar-refractivity contribution in [3.63, 3.8) is 0 Å². The Morgan fingerprint density at radius 2 is 2.17 bits per heavy atom. The maximum absolute atomic E-state index is 12.3. The molecule has 0 aliphatic carbocycles. The number of aryl methyl sites for hydroxylation is 2. The molecule has 0 aliphatic rings. The van der Waals surface area contributed by atoms with Gasteiger partial charge in [-0.05, 0) is 32.4 Å². The van der Waals surface area contributed by atoms with Gasteiger partial charge >= 0.3 is 11.7 Å². The van der Waals surface area contributed by atoms with E-state index in [1.807, 2.05) is 13.8 Å². The first-order chi connectivity index (χ1) is 11.4. The van der Waals surface area contributed by atoms with Gasteiger partial charge in [0.15, 0.2) is 18.1 Å². The molecule has 24 heavy (non-hydrogen) atoms. The first-order valence-electron chi connectivity index (χ1n) is 7.27. The maximum atomic E-state index is 12.3. The van der Waals surface area contributed by atoms with E-state index in [2.05, 4.69) is 9.97 Å². The van der Waals surface area contributed by atoms with Gasteiger partial charge in [-0.2, -0.15) is 4.73 Å². The van der Waals surface area contributed by atoms with E-state index in [1.165, 1.54) is 29.7 Å². The van der Waals surface area contributed by atoms with Crippen LogP contribution in [0.25, 0.3) is 10.2 Å². The number of esters is 1. The normalized spacial score (nSPS) is 12.3. The number of hydrogen-bond donors (Lipinski definition) is 1. The summed E-state index contributed by atoms with van der Waals surface area (Å²) < 4.78 is 5.69. The number of nitrogens with one attached hydrogen (secondary N) is 1. The number of carbonyl (C=O) groups excluding carboxylic acids is 1.